The third kappa shape index (κ3) is 6.15. The molecule has 12 heteroatoms. The number of aliphatic hydroxyl groups excluding tert-OH is 1. The summed E-state index contributed by atoms with van der Waals surface area (Å²) in [4.78, 5) is 12.7. The maximum atomic E-state index is 11.7. The molecule has 0 saturated carbocycles. The van der Waals surface area contributed by atoms with Crippen molar-refractivity contribution in [3.05, 3.63) is 53.4 Å². The molecule has 3 N–H and O–H groups in total. The second kappa shape index (κ2) is 9.41. The average Bonchev–Trinajstić information content (AvgIpc) is 3.11. The Bertz CT molecular complexity index is 1090. The Morgan fingerprint density at radius 2 is 1.87 bits per heavy atom. The number of hydrogen-bond acceptors (Lipinski definition) is 10. The maximum Gasteiger partial charge on any atom is 0.242 e. The van der Waals surface area contributed by atoms with Gasteiger partial charge in [0, 0.05) is 11.3 Å². The van der Waals surface area contributed by atoms with E-state index in [2.05, 4.69) is 30.1 Å². The molecule has 2 aromatic heterocycles. The van der Waals surface area contributed by atoms with Gasteiger partial charge in [0.15, 0.2) is 10.9 Å². The summed E-state index contributed by atoms with van der Waals surface area (Å²) in [6.45, 7) is 3.45. The molecule has 2 heterocycles. The standard InChI is InChI=1S/C18H22N6O4S2/c1-11-9-15(28-23-11)14(10-25)19-16-20-17(24-30(3,26)27)22-18(21-16)29-12(2)13-7-5-4-6-8-13/h4-9,12,14,25H,10H2,1-3H3,(H2,19,20,21,22,24)/t12?,14-/m0/s1. The number of hydrogen-bond donors (Lipinski definition) is 3. The van der Waals surface area contributed by atoms with Gasteiger partial charge in [0.05, 0.1) is 18.6 Å². The zero-order chi connectivity index (χ0) is 21.7. The third-order valence-electron chi connectivity index (χ3n) is 3.92. The number of sulfonamides is 1. The monoisotopic (exact) mass is 450 g/mol. The van der Waals surface area contributed by atoms with Crippen molar-refractivity contribution in [3.8, 4) is 0 Å². The van der Waals surface area contributed by atoms with Gasteiger partial charge in [0.25, 0.3) is 0 Å². The predicted molar refractivity (Wildman–Crippen MR) is 114 cm³/mol. The molecule has 3 rings (SSSR count). The van der Waals surface area contributed by atoms with Crippen molar-refractivity contribution in [1.29, 1.82) is 0 Å². The van der Waals surface area contributed by atoms with E-state index in [1.807, 2.05) is 37.3 Å². The van der Waals surface area contributed by atoms with E-state index in [4.69, 9.17) is 4.52 Å². The van der Waals surface area contributed by atoms with Crippen molar-refractivity contribution in [3.63, 3.8) is 0 Å². The number of nitrogens with one attached hydrogen (secondary N) is 2. The van der Waals surface area contributed by atoms with E-state index in [9.17, 15) is 13.5 Å². The Labute approximate surface area is 178 Å². The minimum atomic E-state index is -3.59. The lowest BCUT2D eigenvalue weighted by atomic mass is 10.2. The number of rotatable bonds is 9. The first-order valence-corrected chi connectivity index (χ1v) is 11.8. The Balaban J connectivity index is 1.89. The summed E-state index contributed by atoms with van der Waals surface area (Å²) in [5, 5.41) is 16.8. The van der Waals surface area contributed by atoms with Crippen LogP contribution in [-0.2, 0) is 10.0 Å². The van der Waals surface area contributed by atoms with E-state index in [0.29, 0.717) is 16.6 Å². The third-order valence-corrected chi connectivity index (χ3v) is 5.49. The summed E-state index contributed by atoms with van der Waals surface area (Å²) in [6, 6.07) is 10.8. The fourth-order valence-corrected chi connectivity index (χ4v) is 3.86. The maximum absolute atomic E-state index is 11.7. The minimum Gasteiger partial charge on any atom is -0.394 e. The molecule has 1 unspecified atom stereocenters. The van der Waals surface area contributed by atoms with Crippen LogP contribution in [0.3, 0.4) is 0 Å². The molecule has 0 bridgehead atoms. The van der Waals surface area contributed by atoms with Gasteiger partial charge < -0.3 is 14.9 Å². The smallest absolute Gasteiger partial charge is 0.242 e. The van der Waals surface area contributed by atoms with Gasteiger partial charge in [-0.25, -0.2) is 8.42 Å². The Morgan fingerprint density at radius 3 is 2.47 bits per heavy atom. The summed E-state index contributed by atoms with van der Waals surface area (Å²) < 4.78 is 30.8. The number of aromatic nitrogens is 4. The Morgan fingerprint density at radius 1 is 1.17 bits per heavy atom. The van der Waals surface area contributed by atoms with Gasteiger partial charge in [0.2, 0.25) is 21.9 Å². The van der Waals surface area contributed by atoms with Gasteiger partial charge in [-0.3, -0.25) is 4.72 Å². The first-order valence-electron chi connectivity index (χ1n) is 8.99. The lowest BCUT2D eigenvalue weighted by molar-refractivity contribution is 0.249. The van der Waals surface area contributed by atoms with Crippen LogP contribution in [0, 0.1) is 6.92 Å². The van der Waals surface area contributed by atoms with E-state index < -0.39 is 16.1 Å². The summed E-state index contributed by atoms with van der Waals surface area (Å²) >= 11 is 1.35. The van der Waals surface area contributed by atoms with E-state index in [1.165, 1.54) is 11.8 Å². The topological polar surface area (TPSA) is 143 Å². The van der Waals surface area contributed by atoms with Gasteiger partial charge in [-0.2, -0.15) is 15.0 Å². The number of aliphatic hydroxyl groups is 1. The highest BCUT2D eigenvalue weighted by Crippen LogP contribution is 2.33. The summed E-state index contributed by atoms with van der Waals surface area (Å²) in [7, 11) is -3.59. The highest BCUT2D eigenvalue weighted by atomic mass is 32.2. The van der Waals surface area contributed by atoms with Gasteiger partial charge >= 0.3 is 0 Å². The van der Waals surface area contributed by atoms with E-state index >= 15 is 0 Å². The number of nitrogens with zero attached hydrogens (tertiary/aromatic N) is 4. The normalized spacial score (nSPS) is 13.6. The first kappa shape index (κ1) is 22.0. The second-order valence-electron chi connectivity index (χ2n) is 6.56. The first-order chi connectivity index (χ1) is 14.2. The largest absolute Gasteiger partial charge is 0.394 e. The molecule has 10 nitrogen and oxygen atoms in total. The van der Waals surface area contributed by atoms with Crippen LogP contribution in [0.4, 0.5) is 11.9 Å². The molecule has 0 fully saturated rings. The lowest BCUT2D eigenvalue weighted by Crippen LogP contribution is -2.19. The van der Waals surface area contributed by atoms with Crippen LogP contribution in [0.2, 0.25) is 0 Å². The quantitative estimate of drug-likeness (QED) is 0.416. The highest BCUT2D eigenvalue weighted by Gasteiger charge is 2.20. The molecular formula is C18H22N6O4S2. The van der Waals surface area contributed by atoms with Crippen LogP contribution < -0.4 is 10.0 Å². The van der Waals surface area contributed by atoms with E-state index in [-0.39, 0.29) is 23.8 Å². The summed E-state index contributed by atoms with van der Waals surface area (Å²) in [5.41, 5.74) is 1.73. The highest BCUT2D eigenvalue weighted by molar-refractivity contribution is 7.99. The van der Waals surface area contributed by atoms with E-state index in [0.717, 1.165) is 11.8 Å². The van der Waals surface area contributed by atoms with Crippen LogP contribution >= 0.6 is 11.8 Å². The lowest BCUT2D eigenvalue weighted by Gasteiger charge is -2.15. The Hall–Kier alpha value is -2.70. The van der Waals surface area contributed by atoms with Crippen molar-refractivity contribution in [1.82, 2.24) is 20.1 Å². The average molecular weight is 451 g/mol. The van der Waals surface area contributed by atoms with Gasteiger partial charge in [-0.1, -0.05) is 47.3 Å². The van der Waals surface area contributed by atoms with Crippen molar-refractivity contribution >= 4 is 33.7 Å². The SMILES string of the molecule is Cc1cc([C@H](CO)Nc2nc(NS(C)(=O)=O)nc(SC(C)c3ccccc3)n2)on1. The molecule has 3 aromatic rings. The van der Waals surface area contributed by atoms with Crippen LogP contribution in [0.25, 0.3) is 0 Å². The fourth-order valence-electron chi connectivity index (χ4n) is 2.55. The molecule has 0 amide bonds. The van der Waals surface area contributed by atoms with Crippen LogP contribution in [-0.4, -0.2) is 46.5 Å². The molecule has 0 spiro atoms. The van der Waals surface area contributed by atoms with Crippen molar-refractivity contribution < 1.29 is 18.0 Å². The van der Waals surface area contributed by atoms with Crippen molar-refractivity contribution in [2.24, 2.45) is 0 Å². The molecule has 0 saturated heterocycles. The number of aryl methyl sites for hydroxylation is 1. The molecule has 2 atom stereocenters. The number of benzene rings is 1. The van der Waals surface area contributed by atoms with Crippen LogP contribution in [0.1, 0.15) is 35.2 Å². The zero-order valence-electron chi connectivity index (χ0n) is 16.6. The number of thioether (sulfide) groups is 1. The predicted octanol–water partition coefficient (Wildman–Crippen LogP) is 2.54. The van der Waals surface area contributed by atoms with Gasteiger partial charge in [0.1, 0.15) is 6.04 Å². The summed E-state index contributed by atoms with van der Waals surface area (Å²) in [5.74, 6) is 0.370. The molecule has 0 aliphatic heterocycles. The van der Waals surface area contributed by atoms with Crippen molar-refractivity contribution in [2.75, 3.05) is 22.9 Å². The molecule has 0 aliphatic rings. The van der Waals surface area contributed by atoms with Gasteiger partial charge in [-0.15, -0.1) is 0 Å². The Kier molecular flexibility index (Phi) is 6.90. The molecule has 0 aliphatic carbocycles. The number of anilines is 2. The van der Waals surface area contributed by atoms with Crippen LogP contribution in [0.15, 0.2) is 46.1 Å². The van der Waals surface area contributed by atoms with Crippen molar-refractivity contribution in [2.45, 2.75) is 30.3 Å². The molecular weight excluding hydrogens is 428 g/mol. The summed E-state index contributed by atoms with van der Waals surface area (Å²) in [6.07, 6.45) is 1.01. The molecule has 30 heavy (non-hydrogen) atoms. The van der Waals surface area contributed by atoms with E-state index in [1.54, 1.807) is 13.0 Å². The second-order valence-corrected chi connectivity index (χ2v) is 9.62. The van der Waals surface area contributed by atoms with Crippen LogP contribution in [0.5, 0.6) is 0 Å². The molecule has 0 radical (unpaired) electrons. The fraction of sp³-hybridized carbons (Fsp3) is 0.333. The molecule has 160 valence electrons. The zero-order valence-corrected chi connectivity index (χ0v) is 18.2. The molecule has 1 aromatic carbocycles. The van der Waals surface area contributed by atoms with Gasteiger partial charge in [-0.05, 0) is 19.4 Å². The minimum absolute atomic E-state index is 0.0121.